The molecule has 0 saturated carbocycles. The molecule has 0 saturated heterocycles. The van der Waals surface area contributed by atoms with E-state index in [0.29, 0.717) is 19.3 Å². The molecule has 0 spiro atoms. The van der Waals surface area contributed by atoms with Crippen LogP contribution in [0.2, 0.25) is 0 Å². The Hall–Kier alpha value is -2.66. The number of carboxylic acid groups (broad SMARTS) is 1. The highest BCUT2D eigenvalue weighted by molar-refractivity contribution is 5.92. The van der Waals surface area contributed by atoms with E-state index >= 15 is 0 Å². The lowest BCUT2D eigenvalue weighted by Crippen LogP contribution is -2.49. The Kier molecular flexibility index (Phi) is 20.9. The average molecular weight is 683 g/mol. The summed E-state index contributed by atoms with van der Waals surface area (Å²) in [6.45, 7) is 20.5. The van der Waals surface area contributed by atoms with E-state index in [9.17, 15) is 39.0 Å². The number of carbonyl (C=O) groups excluding carboxylic acids is 5. The topological polar surface area (TPSA) is 187 Å². The van der Waals surface area contributed by atoms with Crippen LogP contribution in [0.3, 0.4) is 0 Å². The summed E-state index contributed by atoms with van der Waals surface area (Å²) in [6.07, 6.45) is -2.01. The fourth-order valence-electron chi connectivity index (χ4n) is 6.16. The van der Waals surface area contributed by atoms with Crippen molar-refractivity contribution >= 4 is 35.1 Å². The number of Topliss-reactive ketones (excluding diaryl/α,β-unsaturated/α-hetero) is 3. The zero-order chi connectivity index (χ0) is 37.5. The van der Waals surface area contributed by atoms with Crippen LogP contribution in [0.25, 0.3) is 0 Å². The maximum Gasteiger partial charge on any atom is 0.305 e. The molecule has 7 atom stereocenters. The van der Waals surface area contributed by atoms with Gasteiger partial charge >= 0.3 is 5.97 Å². The predicted molar refractivity (Wildman–Crippen MR) is 186 cm³/mol. The molecule has 0 rings (SSSR count). The normalized spacial score (nSPS) is 16.4. The van der Waals surface area contributed by atoms with Crippen LogP contribution in [-0.2, 0) is 28.8 Å². The zero-order valence-corrected chi connectivity index (χ0v) is 31.4. The quantitative estimate of drug-likeness (QED) is 0.0907. The van der Waals surface area contributed by atoms with Gasteiger partial charge in [-0.25, -0.2) is 0 Å². The highest BCUT2D eigenvalue weighted by Gasteiger charge is 2.34. The number of aliphatic hydroxyl groups is 2. The summed E-state index contributed by atoms with van der Waals surface area (Å²) in [7, 11) is 0. The number of aliphatic hydroxyl groups excluding tert-OH is 2. The third-order valence-electron chi connectivity index (χ3n) is 8.74. The van der Waals surface area contributed by atoms with Crippen LogP contribution in [-0.4, -0.2) is 74.7 Å². The van der Waals surface area contributed by atoms with Gasteiger partial charge in [0.2, 0.25) is 11.8 Å². The molecule has 11 nitrogen and oxygen atoms in total. The molecule has 0 aromatic carbocycles. The maximum absolute atomic E-state index is 13.6. The molecule has 278 valence electrons. The Balaban J connectivity index is 5.60. The van der Waals surface area contributed by atoms with Gasteiger partial charge < -0.3 is 26.0 Å². The van der Waals surface area contributed by atoms with Crippen LogP contribution in [0.5, 0.6) is 0 Å². The number of rotatable bonds is 25. The second kappa shape index (κ2) is 22.1. The lowest BCUT2D eigenvalue weighted by Gasteiger charge is -2.29. The molecule has 0 radical (unpaired) electrons. The molecule has 0 heterocycles. The van der Waals surface area contributed by atoms with Gasteiger partial charge in [-0.15, -0.1) is 0 Å². The summed E-state index contributed by atoms with van der Waals surface area (Å²) in [5.74, 6) is -4.39. The lowest BCUT2D eigenvalue weighted by molar-refractivity contribution is -0.140. The number of carboxylic acids is 1. The summed E-state index contributed by atoms with van der Waals surface area (Å²) in [5.41, 5.74) is 0. The number of aliphatic carboxylic acids is 1. The second-order valence-corrected chi connectivity index (χ2v) is 15.8. The number of amides is 2. The molecule has 48 heavy (non-hydrogen) atoms. The smallest absolute Gasteiger partial charge is 0.305 e. The molecule has 0 aliphatic carbocycles. The van der Waals surface area contributed by atoms with E-state index in [1.807, 2.05) is 69.2 Å². The predicted octanol–water partition coefficient (Wildman–Crippen LogP) is 4.74. The molecule has 11 heteroatoms. The standard InChI is InChI=1S/C37H66N2O9/c1-20(2)12-26(32(43)19-35(46)47)15-30(41)25(11)38-34(45)18-31(42)27(13-21(3)4)16-33(44)36(24(9)10)39-37(48)29(23(7)8)17-28(40)14-22(5)6/h20-27,29,31-32,36,42-43H,12-19H2,1-11H3,(H,38,45)(H,39,48)(H,46,47)/t25-,26?,27?,29?,31-,32-,36-/m0/s1. The molecule has 5 N–H and O–H groups in total. The maximum atomic E-state index is 13.6. The Morgan fingerprint density at radius 3 is 1.44 bits per heavy atom. The third kappa shape index (κ3) is 18.2. The van der Waals surface area contributed by atoms with Crippen molar-refractivity contribution in [1.29, 1.82) is 0 Å². The lowest BCUT2D eigenvalue weighted by atomic mass is 9.83. The summed E-state index contributed by atoms with van der Waals surface area (Å²) in [5, 5.41) is 36.1. The van der Waals surface area contributed by atoms with Gasteiger partial charge in [0.1, 0.15) is 5.78 Å². The number of nitrogens with one attached hydrogen (secondary N) is 2. The van der Waals surface area contributed by atoms with Crippen molar-refractivity contribution in [2.24, 2.45) is 47.3 Å². The van der Waals surface area contributed by atoms with Gasteiger partial charge in [-0.1, -0.05) is 69.2 Å². The van der Waals surface area contributed by atoms with Crippen molar-refractivity contribution in [3.05, 3.63) is 0 Å². The summed E-state index contributed by atoms with van der Waals surface area (Å²) in [6, 6.07) is -1.76. The highest BCUT2D eigenvalue weighted by atomic mass is 16.4. The number of carbonyl (C=O) groups is 6. The minimum Gasteiger partial charge on any atom is -0.481 e. The van der Waals surface area contributed by atoms with Crippen LogP contribution in [0.15, 0.2) is 0 Å². The molecular weight excluding hydrogens is 616 g/mol. The van der Waals surface area contributed by atoms with Crippen molar-refractivity contribution in [1.82, 2.24) is 10.6 Å². The van der Waals surface area contributed by atoms with Gasteiger partial charge in [0.15, 0.2) is 11.6 Å². The average Bonchev–Trinajstić information content (AvgIpc) is 2.91. The Morgan fingerprint density at radius 2 is 1.02 bits per heavy atom. The van der Waals surface area contributed by atoms with Gasteiger partial charge in [-0.05, 0) is 61.2 Å². The van der Waals surface area contributed by atoms with Crippen molar-refractivity contribution in [3.8, 4) is 0 Å². The Labute approximate surface area is 288 Å². The fourth-order valence-corrected chi connectivity index (χ4v) is 6.16. The van der Waals surface area contributed by atoms with Crippen molar-refractivity contribution < 1.29 is 44.1 Å². The van der Waals surface area contributed by atoms with Gasteiger partial charge in [0, 0.05) is 31.6 Å². The minimum absolute atomic E-state index is 0.00633. The Morgan fingerprint density at radius 1 is 0.542 bits per heavy atom. The van der Waals surface area contributed by atoms with Gasteiger partial charge in [0.05, 0.1) is 37.1 Å². The molecule has 0 aliphatic rings. The van der Waals surface area contributed by atoms with E-state index in [0.717, 1.165) is 0 Å². The molecule has 0 aliphatic heterocycles. The van der Waals surface area contributed by atoms with Gasteiger partial charge in [0.25, 0.3) is 0 Å². The van der Waals surface area contributed by atoms with Crippen molar-refractivity contribution in [2.75, 3.05) is 0 Å². The van der Waals surface area contributed by atoms with E-state index < -0.39 is 60.3 Å². The van der Waals surface area contributed by atoms with E-state index in [1.165, 1.54) is 6.92 Å². The van der Waals surface area contributed by atoms with Crippen LogP contribution in [0.4, 0.5) is 0 Å². The van der Waals surface area contributed by atoms with Crippen molar-refractivity contribution in [3.63, 3.8) is 0 Å². The van der Waals surface area contributed by atoms with E-state index in [2.05, 4.69) is 10.6 Å². The van der Waals surface area contributed by atoms with Crippen LogP contribution in [0, 0.1) is 47.3 Å². The minimum atomic E-state index is -1.20. The largest absolute Gasteiger partial charge is 0.481 e. The first-order valence-electron chi connectivity index (χ1n) is 17.8. The van der Waals surface area contributed by atoms with Crippen LogP contribution in [0.1, 0.15) is 128 Å². The van der Waals surface area contributed by atoms with E-state index in [4.69, 9.17) is 5.11 Å². The van der Waals surface area contributed by atoms with Gasteiger partial charge in [-0.2, -0.15) is 0 Å². The summed E-state index contributed by atoms with van der Waals surface area (Å²) in [4.78, 5) is 76.5. The first kappa shape index (κ1) is 45.3. The summed E-state index contributed by atoms with van der Waals surface area (Å²) >= 11 is 0. The third-order valence-corrected chi connectivity index (χ3v) is 8.74. The molecule has 2 amide bonds. The van der Waals surface area contributed by atoms with Gasteiger partial charge in [-0.3, -0.25) is 28.8 Å². The first-order valence-corrected chi connectivity index (χ1v) is 17.8. The number of hydrogen-bond donors (Lipinski definition) is 5. The zero-order valence-electron chi connectivity index (χ0n) is 31.4. The molecular formula is C37H66N2O9. The molecule has 0 fully saturated rings. The summed E-state index contributed by atoms with van der Waals surface area (Å²) < 4.78 is 0. The molecule has 0 aromatic rings. The Bertz CT molecular complexity index is 1050. The second-order valence-electron chi connectivity index (χ2n) is 15.8. The van der Waals surface area contributed by atoms with E-state index in [1.54, 1.807) is 0 Å². The van der Waals surface area contributed by atoms with Crippen LogP contribution < -0.4 is 10.6 Å². The molecule has 0 bridgehead atoms. The van der Waals surface area contributed by atoms with E-state index in [-0.39, 0.29) is 78.5 Å². The van der Waals surface area contributed by atoms with Crippen molar-refractivity contribution in [2.45, 2.75) is 152 Å². The SMILES string of the molecule is CC(C)CC(=O)CC(C(=O)N[C@H](C(=O)CC(CC(C)C)[C@@H](O)CC(=O)N[C@@H](C)C(=O)CC(CC(C)C)[C@@H](O)CC(=O)O)C(C)C)C(C)C. The fraction of sp³-hybridized carbons (Fsp3) is 0.838. The first-order chi connectivity index (χ1) is 22.0. The number of ketones is 3. The monoisotopic (exact) mass is 682 g/mol. The molecule has 3 unspecified atom stereocenters. The molecule has 0 aromatic heterocycles. The highest BCUT2D eigenvalue weighted by Crippen LogP contribution is 2.26. The number of hydrogen-bond acceptors (Lipinski definition) is 8. The van der Waals surface area contributed by atoms with Crippen LogP contribution >= 0.6 is 0 Å².